The number of nitrogens with one attached hydrogen (secondary N) is 1. The van der Waals surface area contributed by atoms with Gasteiger partial charge in [-0.15, -0.1) is 0 Å². The van der Waals surface area contributed by atoms with Crippen LogP contribution in [-0.4, -0.2) is 46.0 Å². The average molecular weight is 376 g/mol. The molecule has 0 aliphatic heterocycles. The monoisotopic (exact) mass is 376 g/mol. The summed E-state index contributed by atoms with van der Waals surface area (Å²) in [6.07, 6.45) is 7.43. The minimum absolute atomic E-state index is 0.0491. The first kappa shape index (κ1) is 19.4. The molecule has 1 amide bonds. The lowest BCUT2D eigenvalue weighted by atomic mass is 10.1. The zero-order chi connectivity index (χ0) is 20.1. The maximum absolute atomic E-state index is 12.5. The molecule has 0 saturated heterocycles. The molecule has 28 heavy (non-hydrogen) atoms. The Balaban J connectivity index is 1.68. The summed E-state index contributed by atoms with van der Waals surface area (Å²) in [7, 11) is 3.91. The topological polar surface area (TPSA) is 83.9 Å². The van der Waals surface area contributed by atoms with E-state index in [1.54, 1.807) is 30.7 Å². The number of carbonyl (C=O) groups is 1. The second-order valence-electron chi connectivity index (χ2n) is 6.95. The van der Waals surface area contributed by atoms with Gasteiger partial charge in [0.05, 0.1) is 5.69 Å². The summed E-state index contributed by atoms with van der Waals surface area (Å²) < 4.78 is 0. The highest BCUT2D eigenvalue weighted by Gasteiger charge is 2.12. The summed E-state index contributed by atoms with van der Waals surface area (Å²) in [6, 6.07) is 7.27. The zero-order valence-corrected chi connectivity index (χ0v) is 16.5. The lowest BCUT2D eigenvalue weighted by molar-refractivity contribution is 0.0940. The quantitative estimate of drug-likeness (QED) is 0.712. The van der Waals surface area contributed by atoms with E-state index in [9.17, 15) is 4.79 Å². The molecule has 0 bridgehead atoms. The number of aryl methyl sites for hydroxylation is 1. The van der Waals surface area contributed by atoms with E-state index < -0.39 is 0 Å². The molecule has 0 aliphatic rings. The van der Waals surface area contributed by atoms with Crippen molar-refractivity contribution in [1.29, 1.82) is 0 Å². The van der Waals surface area contributed by atoms with E-state index in [1.807, 2.05) is 51.2 Å². The highest BCUT2D eigenvalue weighted by Crippen LogP contribution is 2.21. The first-order chi connectivity index (χ1) is 13.4. The third kappa shape index (κ3) is 4.68. The van der Waals surface area contributed by atoms with Crippen LogP contribution in [0.3, 0.4) is 0 Å². The summed E-state index contributed by atoms with van der Waals surface area (Å²) in [5.74, 6) is 1.39. The predicted molar refractivity (Wildman–Crippen MR) is 109 cm³/mol. The van der Waals surface area contributed by atoms with Crippen molar-refractivity contribution >= 4 is 11.7 Å². The van der Waals surface area contributed by atoms with Gasteiger partial charge >= 0.3 is 0 Å². The van der Waals surface area contributed by atoms with Crippen LogP contribution in [0.4, 0.5) is 5.82 Å². The molecule has 7 nitrogen and oxygen atoms in total. The van der Waals surface area contributed by atoms with Crippen molar-refractivity contribution in [1.82, 2.24) is 25.3 Å². The van der Waals surface area contributed by atoms with Crippen LogP contribution in [0.2, 0.25) is 0 Å². The molecule has 0 aliphatic carbocycles. The molecule has 2 heterocycles. The SMILES string of the molecule is Cc1cnc(-c2ccc(C(=O)N[C@H](C)Cc3cnccn3)cc2)nc1N(C)C. The number of nitrogens with zero attached hydrogens (tertiary/aromatic N) is 5. The molecular formula is C21H24N6O. The maximum Gasteiger partial charge on any atom is 0.251 e. The lowest BCUT2D eigenvalue weighted by Gasteiger charge is -2.15. The Hall–Kier alpha value is -3.35. The molecule has 144 valence electrons. The number of hydrogen-bond donors (Lipinski definition) is 1. The van der Waals surface area contributed by atoms with Gasteiger partial charge < -0.3 is 10.2 Å². The van der Waals surface area contributed by atoms with E-state index >= 15 is 0 Å². The highest BCUT2D eigenvalue weighted by atomic mass is 16.1. The molecule has 7 heteroatoms. The number of benzene rings is 1. The van der Waals surface area contributed by atoms with E-state index in [2.05, 4.69) is 25.3 Å². The number of carbonyl (C=O) groups excluding carboxylic acids is 1. The van der Waals surface area contributed by atoms with Gasteiger partial charge in [0.1, 0.15) is 5.82 Å². The van der Waals surface area contributed by atoms with Crippen LogP contribution in [0.1, 0.15) is 28.5 Å². The largest absolute Gasteiger partial charge is 0.362 e. The minimum Gasteiger partial charge on any atom is -0.362 e. The van der Waals surface area contributed by atoms with E-state index in [-0.39, 0.29) is 11.9 Å². The standard InChI is InChI=1S/C21H24N6O/c1-14-12-24-19(26-20(14)27(3)4)16-5-7-17(8-6-16)21(28)25-15(2)11-18-13-22-9-10-23-18/h5-10,12-13,15H,11H2,1-4H3,(H,25,28)/t15-/m1/s1. The van der Waals surface area contributed by atoms with Crippen LogP contribution < -0.4 is 10.2 Å². The van der Waals surface area contributed by atoms with Crippen molar-refractivity contribution in [3.63, 3.8) is 0 Å². The van der Waals surface area contributed by atoms with Crippen LogP contribution >= 0.6 is 0 Å². The van der Waals surface area contributed by atoms with Crippen LogP contribution in [0, 0.1) is 6.92 Å². The first-order valence-corrected chi connectivity index (χ1v) is 9.11. The van der Waals surface area contributed by atoms with Crippen molar-refractivity contribution in [3.05, 3.63) is 65.9 Å². The minimum atomic E-state index is -0.123. The second-order valence-corrected chi connectivity index (χ2v) is 6.95. The summed E-state index contributed by atoms with van der Waals surface area (Å²) in [5.41, 5.74) is 3.32. The van der Waals surface area contributed by atoms with E-state index in [0.717, 1.165) is 22.6 Å². The third-order valence-electron chi connectivity index (χ3n) is 4.28. The summed E-state index contributed by atoms with van der Waals surface area (Å²) >= 11 is 0. The molecule has 2 aromatic heterocycles. The number of rotatable bonds is 6. The Bertz CT molecular complexity index is 941. The number of hydrogen-bond acceptors (Lipinski definition) is 6. The fourth-order valence-corrected chi connectivity index (χ4v) is 2.90. The van der Waals surface area contributed by atoms with Crippen LogP contribution in [0.25, 0.3) is 11.4 Å². The molecule has 0 unspecified atom stereocenters. The van der Waals surface area contributed by atoms with Gasteiger partial charge in [0.25, 0.3) is 5.91 Å². The molecule has 0 saturated carbocycles. The van der Waals surface area contributed by atoms with Gasteiger partial charge in [0.15, 0.2) is 5.82 Å². The van der Waals surface area contributed by atoms with Crippen molar-refractivity contribution in [2.75, 3.05) is 19.0 Å². The van der Waals surface area contributed by atoms with Gasteiger partial charge in [-0.3, -0.25) is 14.8 Å². The maximum atomic E-state index is 12.5. The van der Waals surface area contributed by atoms with Crippen molar-refractivity contribution in [2.24, 2.45) is 0 Å². The van der Waals surface area contributed by atoms with Crippen LogP contribution in [0.15, 0.2) is 49.1 Å². The number of anilines is 1. The molecule has 1 aromatic carbocycles. The normalized spacial score (nSPS) is 11.7. The Kier molecular flexibility index (Phi) is 5.93. The molecule has 1 N–H and O–H groups in total. The Morgan fingerprint density at radius 1 is 1.11 bits per heavy atom. The summed E-state index contributed by atoms with van der Waals surface area (Å²) in [5, 5.41) is 2.99. The van der Waals surface area contributed by atoms with Gasteiger partial charge in [0.2, 0.25) is 0 Å². The zero-order valence-electron chi connectivity index (χ0n) is 16.5. The third-order valence-corrected chi connectivity index (χ3v) is 4.28. The lowest BCUT2D eigenvalue weighted by Crippen LogP contribution is -2.34. The molecule has 3 aromatic rings. The molecule has 0 radical (unpaired) electrons. The smallest absolute Gasteiger partial charge is 0.251 e. The van der Waals surface area contributed by atoms with E-state index in [1.165, 1.54) is 0 Å². The van der Waals surface area contributed by atoms with Crippen molar-refractivity contribution in [3.8, 4) is 11.4 Å². The highest BCUT2D eigenvalue weighted by molar-refractivity contribution is 5.94. The van der Waals surface area contributed by atoms with Crippen LogP contribution in [-0.2, 0) is 6.42 Å². The molecule has 0 fully saturated rings. The van der Waals surface area contributed by atoms with Gasteiger partial charge in [0, 0.05) is 68.0 Å². The van der Waals surface area contributed by atoms with Gasteiger partial charge in [-0.05, 0) is 26.0 Å². The number of amides is 1. The Morgan fingerprint density at radius 2 is 1.86 bits per heavy atom. The van der Waals surface area contributed by atoms with E-state index in [4.69, 9.17) is 0 Å². The van der Waals surface area contributed by atoms with E-state index in [0.29, 0.717) is 17.8 Å². The Labute approximate surface area is 164 Å². The molecule has 0 spiro atoms. The van der Waals surface area contributed by atoms with Crippen LogP contribution in [0.5, 0.6) is 0 Å². The molecular weight excluding hydrogens is 352 g/mol. The predicted octanol–water partition coefficient (Wildman–Crippen LogP) is 2.67. The van der Waals surface area contributed by atoms with Crippen molar-refractivity contribution < 1.29 is 4.79 Å². The molecule has 3 rings (SSSR count). The summed E-state index contributed by atoms with van der Waals surface area (Å²) in [4.78, 5) is 31.8. The van der Waals surface area contributed by atoms with Crippen molar-refractivity contribution in [2.45, 2.75) is 26.3 Å². The fraction of sp³-hybridized carbons (Fsp3) is 0.286. The van der Waals surface area contributed by atoms with Gasteiger partial charge in [-0.25, -0.2) is 9.97 Å². The Morgan fingerprint density at radius 3 is 2.50 bits per heavy atom. The van der Waals surface area contributed by atoms with Gasteiger partial charge in [-0.2, -0.15) is 0 Å². The second kappa shape index (κ2) is 8.56. The molecule has 1 atom stereocenters. The summed E-state index contributed by atoms with van der Waals surface area (Å²) in [6.45, 7) is 3.93. The number of aromatic nitrogens is 4. The fourth-order valence-electron chi connectivity index (χ4n) is 2.90. The average Bonchev–Trinajstić information content (AvgIpc) is 2.69. The van der Waals surface area contributed by atoms with Gasteiger partial charge in [-0.1, -0.05) is 12.1 Å². The first-order valence-electron chi connectivity index (χ1n) is 9.11.